The van der Waals surface area contributed by atoms with E-state index in [1.165, 1.54) is 5.56 Å². The van der Waals surface area contributed by atoms with Crippen LogP contribution in [-0.4, -0.2) is 47.1 Å². The highest BCUT2D eigenvalue weighted by molar-refractivity contribution is 6.30. The minimum atomic E-state index is -0.539. The number of benzene rings is 2. The zero-order valence-electron chi connectivity index (χ0n) is 17.2. The molecule has 1 aliphatic rings. The summed E-state index contributed by atoms with van der Waals surface area (Å²) in [5.41, 5.74) is 5.14. The van der Waals surface area contributed by atoms with E-state index in [0.717, 1.165) is 49.3 Å². The average Bonchev–Trinajstić information content (AvgIpc) is 3.17. The highest BCUT2D eigenvalue weighted by Gasteiger charge is 2.19. The van der Waals surface area contributed by atoms with Crippen molar-refractivity contribution in [2.75, 3.05) is 26.3 Å². The van der Waals surface area contributed by atoms with Gasteiger partial charge in [-0.15, -0.1) is 0 Å². The summed E-state index contributed by atoms with van der Waals surface area (Å²) in [6, 6.07) is 15.3. The molecule has 3 N–H and O–H groups in total. The van der Waals surface area contributed by atoms with Crippen LogP contribution < -0.4 is 5.84 Å². The molecule has 0 bridgehead atoms. The standard InChI is InChI=1S/C23H21ClN6O2/c24-16-3-1-2-15(11-16)19-12-18(23(31)28-29-25)22-21(26-19)17-5-4-14(10-20(17)27-22)13-30-6-8-32-9-7-30/h1-5,10-12,27H,6-9,13H2,(H2,25,28,31). The van der Waals surface area contributed by atoms with Crippen molar-refractivity contribution in [2.45, 2.75) is 6.54 Å². The number of hydrogen-bond donors (Lipinski definition) is 2. The van der Waals surface area contributed by atoms with Gasteiger partial charge in [0, 0.05) is 41.1 Å². The maximum Gasteiger partial charge on any atom is 0.299 e. The summed E-state index contributed by atoms with van der Waals surface area (Å²) in [7, 11) is 0. The molecule has 0 atom stereocenters. The summed E-state index contributed by atoms with van der Waals surface area (Å²) in [6.45, 7) is 4.18. The van der Waals surface area contributed by atoms with Crippen molar-refractivity contribution in [2.24, 2.45) is 16.2 Å². The highest BCUT2D eigenvalue weighted by Crippen LogP contribution is 2.32. The fraction of sp³-hybridized carbons (Fsp3) is 0.217. The SMILES string of the molecule is NN=NC(=O)c1cc(-c2cccc(Cl)c2)nc2c1[nH]c1cc(CN3CCOCC3)ccc12. The molecular weight excluding hydrogens is 428 g/mol. The maximum absolute atomic E-state index is 12.7. The molecule has 0 aliphatic carbocycles. The number of fused-ring (bicyclic) bond motifs is 3. The zero-order valence-corrected chi connectivity index (χ0v) is 18.0. The van der Waals surface area contributed by atoms with Crippen molar-refractivity contribution >= 4 is 39.4 Å². The Morgan fingerprint density at radius 1 is 1.19 bits per heavy atom. The topological polar surface area (TPSA) is 109 Å². The van der Waals surface area contributed by atoms with Crippen LogP contribution in [0.1, 0.15) is 15.9 Å². The van der Waals surface area contributed by atoms with E-state index in [1.807, 2.05) is 24.3 Å². The van der Waals surface area contributed by atoms with Gasteiger partial charge in [0.05, 0.1) is 35.5 Å². The van der Waals surface area contributed by atoms with Crippen LogP contribution in [0.15, 0.2) is 58.9 Å². The molecule has 1 amide bonds. The number of nitrogens with one attached hydrogen (secondary N) is 1. The van der Waals surface area contributed by atoms with Crippen molar-refractivity contribution in [3.63, 3.8) is 0 Å². The number of hydrogen-bond acceptors (Lipinski definition) is 5. The summed E-state index contributed by atoms with van der Waals surface area (Å²) < 4.78 is 5.44. The quantitative estimate of drug-likeness (QED) is 0.274. The molecule has 1 aliphatic heterocycles. The number of rotatable bonds is 4. The number of halogens is 1. The summed E-state index contributed by atoms with van der Waals surface area (Å²) in [5.74, 6) is 4.61. The molecule has 2 aromatic heterocycles. The second-order valence-corrected chi connectivity index (χ2v) is 8.14. The lowest BCUT2D eigenvalue weighted by Gasteiger charge is -2.26. The molecule has 8 nitrogen and oxygen atoms in total. The number of H-pyrrole nitrogens is 1. The van der Waals surface area contributed by atoms with Gasteiger partial charge < -0.3 is 15.6 Å². The Bertz CT molecular complexity index is 1340. The number of amides is 1. The van der Waals surface area contributed by atoms with Crippen molar-refractivity contribution in [1.29, 1.82) is 0 Å². The summed E-state index contributed by atoms with van der Waals surface area (Å²) in [6.07, 6.45) is 0. The van der Waals surface area contributed by atoms with Gasteiger partial charge in [0.15, 0.2) is 0 Å². The third kappa shape index (κ3) is 3.95. The van der Waals surface area contributed by atoms with E-state index in [4.69, 9.17) is 27.2 Å². The van der Waals surface area contributed by atoms with Crippen LogP contribution in [0.2, 0.25) is 5.02 Å². The fourth-order valence-corrected chi connectivity index (χ4v) is 4.28. The molecule has 0 spiro atoms. The van der Waals surface area contributed by atoms with Crippen molar-refractivity contribution in [3.05, 3.63) is 64.7 Å². The van der Waals surface area contributed by atoms with Crippen LogP contribution in [0.3, 0.4) is 0 Å². The summed E-state index contributed by atoms with van der Waals surface area (Å²) in [4.78, 5) is 23.3. The first kappa shape index (κ1) is 20.6. The fourth-order valence-electron chi connectivity index (χ4n) is 4.09. The number of carbonyl (C=O) groups excluding carboxylic acids is 1. The molecular formula is C23H21ClN6O2. The van der Waals surface area contributed by atoms with Gasteiger partial charge in [-0.3, -0.25) is 9.69 Å². The second kappa shape index (κ2) is 8.66. The van der Waals surface area contributed by atoms with Crippen LogP contribution in [-0.2, 0) is 11.3 Å². The number of carbonyl (C=O) groups is 1. The highest BCUT2D eigenvalue weighted by atomic mass is 35.5. The zero-order chi connectivity index (χ0) is 22.1. The lowest BCUT2D eigenvalue weighted by molar-refractivity contribution is 0.0342. The minimum absolute atomic E-state index is 0.352. The monoisotopic (exact) mass is 448 g/mol. The average molecular weight is 449 g/mol. The predicted octanol–water partition coefficient (Wildman–Crippen LogP) is 4.33. The van der Waals surface area contributed by atoms with Gasteiger partial charge in [-0.1, -0.05) is 46.2 Å². The number of pyridine rings is 1. The first-order valence-electron chi connectivity index (χ1n) is 10.3. The van der Waals surface area contributed by atoms with Gasteiger partial charge in [0.1, 0.15) is 0 Å². The third-order valence-corrected chi connectivity index (χ3v) is 5.86. The van der Waals surface area contributed by atoms with Crippen molar-refractivity contribution in [3.8, 4) is 11.3 Å². The van der Waals surface area contributed by atoms with E-state index >= 15 is 0 Å². The second-order valence-electron chi connectivity index (χ2n) is 7.70. The molecule has 1 fully saturated rings. The van der Waals surface area contributed by atoms with E-state index < -0.39 is 5.91 Å². The lowest BCUT2D eigenvalue weighted by Crippen LogP contribution is -2.35. The normalized spacial score (nSPS) is 15.2. The van der Waals surface area contributed by atoms with Gasteiger partial charge in [-0.05, 0) is 29.8 Å². The number of nitrogens with zero attached hydrogens (tertiary/aromatic N) is 4. The number of ether oxygens (including phenoxy) is 1. The van der Waals surface area contributed by atoms with Crippen molar-refractivity contribution < 1.29 is 9.53 Å². The first-order chi connectivity index (χ1) is 15.6. The minimum Gasteiger partial charge on any atom is -0.379 e. The Morgan fingerprint density at radius 3 is 2.81 bits per heavy atom. The Balaban J connectivity index is 1.65. The van der Waals surface area contributed by atoms with Crippen LogP contribution in [0, 0.1) is 0 Å². The van der Waals surface area contributed by atoms with Crippen LogP contribution in [0.25, 0.3) is 33.2 Å². The Kier molecular flexibility index (Phi) is 5.57. The molecule has 162 valence electrons. The molecule has 0 radical (unpaired) electrons. The Labute approximate surface area is 189 Å². The van der Waals surface area contributed by atoms with E-state index in [1.54, 1.807) is 12.1 Å². The molecule has 3 heterocycles. The number of nitrogens with two attached hydrogens (primary N) is 1. The van der Waals surface area contributed by atoms with E-state index in [2.05, 4.69) is 32.4 Å². The molecule has 9 heteroatoms. The van der Waals surface area contributed by atoms with E-state index in [-0.39, 0.29) is 0 Å². The van der Waals surface area contributed by atoms with Crippen LogP contribution >= 0.6 is 11.6 Å². The maximum atomic E-state index is 12.7. The molecule has 0 unspecified atom stereocenters. The molecule has 4 aromatic rings. The van der Waals surface area contributed by atoms with Crippen LogP contribution in [0.4, 0.5) is 0 Å². The first-order valence-corrected chi connectivity index (χ1v) is 10.7. The van der Waals surface area contributed by atoms with Crippen LogP contribution in [0.5, 0.6) is 0 Å². The largest absolute Gasteiger partial charge is 0.379 e. The van der Waals surface area contributed by atoms with E-state index in [9.17, 15) is 4.79 Å². The lowest BCUT2D eigenvalue weighted by atomic mass is 10.1. The van der Waals surface area contributed by atoms with Gasteiger partial charge in [-0.2, -0.15) is 0 Å². The van der Waals surface area contributed by atoms with Gasteiger partial charge in [0.2, 0.25) is 0 Å². The smallest absolute Gasteiger partial charge is 0.299 e. The van der Waals surface area contributed by atoms with Crippen molar-refractivity contribution in [1.82, 2.24) is 14.9 Å². The third-order valence-electron chi connectivity index (χ3n) is 5.63. The Hall–Kier alpha value is -3.33. The van der Waals surface area contributed by atoms with Gasteiger partial charge in [0.25, 0.3) is 5.91 Å². The molecule has 5 rings (SSSR count). The van der Waals surface area contributed by atoms with Gasteiger partial charge in [-0.25, -0.2) is 4.98 Å². The summed E-state index contributed by atoms with van der Waals surface area (Å²) in [5, 5.41) is 8.22. The number of morpholine rings is 1. The molecule has 1 saturated heterocycles. The molecule has 2 aromatic carbocycles. The number of aromatic nitrogens is 2. The summed E-state index contributed by atoms with van der Waals surface area (Å²) >= 11 is 6.17. The predicted molar refractivity (Wildman–Crippen MR) is 124 cm³/mol. The molecule has 32 heavy (non-hydrogen) atoms. The number of aromatic amines is 1. The van der Waals surface area contributed by atoms with Gasteiger partial charge >= 0.3 is 0 Å². The Morgan fingerprint density at radius 2 is 2.03 bits per heavy atom. The molecule has 0 saturated carbocycles. The van der Waals surface area contributed by atoms with E-state index in [0.29, 0.717) is 27.3 Å².